The second-order valence-electron chi connectivity index (χ2n) is 8.23. The average molecular weight is 465 g/mol. The highest BCUT2D eigenvalue weighted by molar-refractivity contribution is 7.89. The third-order valence-corrected chi connectivity index (χ3v) is 7.26. The van der Waals surface area contributed by atoms with Crippen molar-refractivity contribution in [1.82, 2.24) is 14.6 Å². The standard InChI is InChI=1S/C25H28N4O3S/c1-20-2-8-24(9-3-20)33(31,32)27-18-21-4-6-22(7-5-21)25(30)19-28-14-16-29(17-15-28)23-10-12-26-13-11-23/h2-13,27H,14-19H2,1H3. The molecule has 1 aliphatic rings. The fraction of sp³-hybridized carbons (Fsp3) is 0.280. The molecule has 1 saturated heterocycles. The Kier molecular flexibility index (Phi) is 7.17. The zero-order chi connectivity index (χ0) is 23.3. The molecule has 3 aromatic rings. The summed E-state index contributed by atoms with van der Waals surface area (Å²) >= 11 is 0. The third kappa shape index (κ3) is 6.04. The Morgan fingerprint density at radius 3 is 2.18 bits per heavy atom. The molecule has 2 aromatic carbocycles. The lowest BCUT2D eigenvalue weighted by atomic mass is 10.1. The van der Waals surface area contributed by atoms with Crippen LogP contribution in [-0.4, -0.2) is 56.8 Å². The van der Waals surface area contributed by atoms with Crippen LogP contribution in [-0.2, 0) is 16.6 Å². The normalized spacial score (nSPS) is 14.9. The van der Waals surface area contributed by atoms with Crippen LogP contribution < -0.4 is 9.62 Å². The molecule has 0 aliphatic carbocycles. The molecular weight excluding hydrogens is 436 g/mol. The number of hydrogen-bond donors (Lipinski definition) is 1. The number of rotatable bonds is 8. The zero-order valence-corrected chi connectivity index (χ0v) is 19.5. The van der Waals surface area contributed by atoms with Crippen molar-refractivity contribution >= 4 is 21.5 Å². The van der Waals surface area contributed by atoms with Gasteiger partial charge in [-0.25, -0.2) is 13.1 Å². The molecule has 33 heavy (non-hydrogen) atoms. The predicted molar refractivity (Wildman–Crippen MR) is 129 cm³/mol. The summed E-state index contributed by atoms with van der Waals surface area (Å²) in [5.41, 5.74) is 3.60. The Morgan fingerprint density at radius 1 is 0.909 bits per heavy atom. The molecule has 172 valence electrons. The number of carbonyl (C=O) groups is 1. The maximum absolute atomic E-state index is 12.7. The largest absolute Gasteiger partial charge is 0.369 e. The molecule has 1 fully saturated rings. The fourth-order valence-electron chi connectivity index (χ4n) is 3.80. The lowest BCUT2D eigenvalue weighted by Crippen LogP contribution is -2.48. The Hall–Kier alpha value is -3.07. The average Bonchev–Trinajstić information content (AvgIpc) is 2.84. The molecule has 0 atom stereocenters. The van der Waals surface area contributed by atoms with E-state index in [1.165, 1.54) is 0 Å². The molecule has 0 spiro atoms. The molecule has 1 aromatic heterocycles. The van der Waals surface area contributed by atoms with Crippen molar-refractivity contribution in [1.29, 1.82) is 0 Å². The van der Waals surface area contributed by atoms with Crippen molar-refractivity contribution in [2.24, 2.45) is 0 Å². The highest BCUT2D eigenvalue weighted by Crippen LogP contribution is 2.16. The number of sulfonamides is 1. The number of aryl methyl sites for hydroxylation is 1. The summed E-state index contributed by atoms with van der Waals surface area (Å²) in [5.74, 6) is 0.0687. The molecule has 0 amide bonds. The summed E-state index contributed by atoms with van der Waals surface area (Å²) in [7, 11) is -3.58. The van der Waals surface area contributed by atoms with Crippen LogP contribution in [0.4, 0.5) is 5.69 Å². The number of benzene rings is 2. The number of piperazine rings is 1. The van der Waals surface area contributed by atoms with Crippen molar-refractivity contribution in [2.75, 3.05) is 37.6 Å². The summed E-state index contributed by atoms with van der Waals surface area (Å²) in [4.78, 5) is 21.5. The summed E-state index contributed by atoms with van der Waals surface area (Å²) in [6.45, 7) is 5.86. The van der Waals surface area contributed by atoms with Gasteiger partial charge in [-0.1, -0.05) is 42.0 Å². The van der Waals surface area contributed by atoms with Crippen LogP contribution in [0, 0.1) is 6.92 Å². The maximum atomic E-state index is 12.7. The van der Waals surface area contributed by atoms with Crippen molar-refractivity contribution < 1.29 is 13.2 Å². The molecule has 1 N–H and O–H groups in total. The molecular formula is C25H28N4O3S. The van der Waals surface area contributed by atoms with Gasteiger partial charge in [0.15, 0.2) is 5.78 Å². The quantitative estimate of drug-likeness (QED) is 0.516. The van der Waals surface area contributed by atoms with Crippen molar-refractivity contribution in [3.8, 4) is 0 Å². The van der Waals surface area contributed by atoms with Gasteiger partial charge in [-0.2, -0.15) is 0 Å². The van der Waals surface area contributed by atoms with Crippen LogP contribution in [0.2, 0.25) is 0 Å². The minimum absolute atomic E-state index is 0.0687. The molecule has 1 aliphatic heterocycles. The first-order chi connectivity index (χ1) is 15.9. The molecule has 2 heterocycles. The van der Waals surface area contributed by atoms with Crippen LogP contribution in [0.25, 0.3) is 0 Å². The van der Waals surface area contributed by atoms with E-state index in [0.29, 0.717) is 12.1 Å². The van der Waals surface area contributed by atoms with Gasteiger partial charge in [0.2, 0.25) is 10.0 Å². The first kappa shape index (κ1) is 23.1. The van der Waals surface area contributed by atoms with Gasteiger partial charge < -0.3 is 4.90 Å². The van der Waals surface area contributed by atoms with Gasteiger partial charge in [0.25, 0.3) is 0 Å². The van der Waals surface area contributed by atoms with E-state index in [2.05, 4.69) is 19.5 Å². The number of anilines is 1. The van der Waals surface area contributed by atoms with Gasteiger partial charge in [-0.15, -0.1) is 0 Å². The number of nitrogens with zero attached hydrogens (tertiary/aromatic N) is 3. The van der Waals surface area contributed by atoms with Crippen LogP contribution in [0.15, 0.2) is 78.0 Å². The molecule has 4 rings (SSSR count). The highest BCUT2D eigenvalue weighted by atomic mass is 32.2. The van der Waals surface area contributed by atoms with Gasteiger partial charge in [0, 0.05) is 56.4 Å². The second-order valence-corrected chi connectivity index (χ2v) is 9.99. The fourth-order valence-corrected chi connectivity index (χ4v) is 4.82. The van der Waals surface area contributed by atoms with E-state index >= 15 is 0 Å². The number of hydrogen-bond acceptors (Lipinski definition) is 6. The number of aromatic nitrogens is 1. The van der Waals surface area contributed by atoms with Gasteiger partial charge in [0.05, 0.1) is 11.4 Å². The van der Waals surface area contributed by atoms with Crippen molar-refractivity contribution in [3.05, 3.63) is 89.7 Å². The summed E-state index contributed by atoms with van der Waals surface area (Å²) in [6, 6.07) is 17.9. The van der Waals surface area contributed by atoms with E-state index in [4.69, 9.17) is 0 Å². The molecule has 8 heteroatoms. The van der Waals surface area contributed by atoms with E-state index in [1.807, 2.05) is 19.1 Å². The van der Waals surface area contributed by atoms with Crippen molar-refractivity contribution in [3.63, 3.8) is 0 Å². The van der Waals surface area contributed by atoms with Crippen LogP contribution in [0.3, 0.4) is 0 Å². The monoisotopic (exact) mass is 464 g/mol. The number of ketones is 1. The lowest BCUT2D eigenvalue weighted by molar-refractivity contribution is 0.0926. The number of carbonyl (C=O) groups excluding carboxylic acids is 1. The molecule has 0 unspecified atom stereocenters. The third-order valence-electron chi connectivity index (χ3n) is 5.84. The first-order valence-electron chi connectivity index (χ1n) is 11.0. The van der Waals surface area contributed by atoms with Gasteiger partial charge >= 0.3 is 0 Å². The number of nitrogens with one attached hydrogen (secondary N) is 1. The van der Waals surface area contributed by atoms with E-state index < -0.39 is 10.0 Å². The molecule has 0 saturated carbocycles. The zero-order valence-electron chi connectivity index (χ0n) is 18.6. The topological polar surface area (TPSA) is 82.6 Å². The summed E-state index contributed by atoms with van der Waals surface area (Å²) in [5, 5.41) is 0. The Balaban J connectivity index is 1.27. The van der Waals surface area contributed by atoms with Gasteiger partial charge in [-0.3, -0.25) is 14.7 Å². The SMILES string of the molecule is Cc1ccc(S(=O)(=O)NCc2ccc(C(=O)CN3CCN(c4ccncc4)CC3)cc2)cc1. The minimum Gasteiger partial charge on any atom is -0.369 e. The van der Waals surface area contributed by atoms with Crippen LogP contribution in [0.1, 0.15) is 21.5 Å². The van der Waals surface area contributed by atoms with Gasteiger partial charge in [0.1, 0.15) is 0 Å². The Labute approximate surface area is 195 Å². The number of Topliss-reactive ketones (excluding diaryl/α,β-unsaturated/α-hetero) is 1. The van der Waals surface area contributed by atoms with E-state index in [9.17, 15) is 13.2 Å². The van der Waals surface area contributed by atoms with E-state index in [-0.39, 0.29) is 17.2 Å². The molecule has 0 bridgehead atoms. The molecule has 0 radical (unpaired) electrons. The van der Waals surface area contributed by atoms with E-state index in [1.54, 1.807) is 60.9 Å². The second kappa shape index (κ2) is 10.2. The smallest absolute Gasteiger partial charge is 0.240 e. The van der Waals surface area contributed by atoms with Crippen LogP contribution in [0.5, 0.6) is 0 Å². The maximum Gasteiger partial charge on any atom is 0.240 e. The first-order valence-corrected chi connectivity index (χ1v) is 12.4. The number of pyridine rings is 1. The minimum atomic E-state index is -3.58. The highest BCUT2D eigenvalue weighted by Gasteiger charge is 2.20. The molecule has 7 nitrogen and oxygen atoms in total. The predicted octanol–water partition coefficient (Wildman–Crippen LogP) is 2.87. The Morgan fingerprint density at radius 2 is 1.55 bits per heavy atom. The van der Waals surface area contributed by atoms with Gasteiger partial charge in [-0.05, 0) is 36.8 Å². The Bertz CT molecular complexity index is 1170. The lowest BCUT2D eigenvalue weighted by Gasteiger charge is -2.35. The summed E-state index contributed by atoms with van der Waals surface area (Å²) < 4.78 is 27.5. The van der Waals surface area contributed by atoms with Crippen LogP contribution >= 0.6 is 0 Å². The van der Waals surface area contributed by atoms with Crippen molar-refractivity contribution in [2.45, 2.75) is 18.4 Å². The summed E-state index contributed by atoms with van der Waals surface area (Å²) in [6.07, 6.45) is 3.59. The van der Waals surface area contributed by atoms with E-state index in [0.717, 1.165) is 43.0 Å².